The van der Waals surface area contributed by atoms with Gasteiger partial charge in [0.25, 0.3) is 0 Å². The van der Waals surface area contributed by atoms with Crippen LogP contribution in [-0.2, 0) is 0 Å². The second-order valence-corrected chi connectivity index (χ2v) is 4.31. The van der Waals surface area contributed by atoms with E-state index in [2.05, 4.69) is 43.3 Å². The van der Waals surface area contributed by atoms with Crippen LogP contribution >= 0.6 is 0 Å². The van der Waals surface area contributed by atoms with Crippen LogP contribution in [0.2, 0.25) is 0 Å². The fourth-order valence-corrected chi connectivity index (χ4v) is 2.49. The predicted octanol–water partition coefficient (Wildman–Crippen LogP) is 2.58. The van der Waals surface area contributed by atoms with E-state index < -0.39 is 0 Å². The first-order valence-electron chi connectivity index (χ1n) is 5.23. The molecule has 0 saturated heterocycles. The van der Waals surface area contributed by atoms with Gasteiger partial charge >= 0.3 is 0 Å². The summed E-state index contributed by atoms with van der Waals surface area (Å²) in [5.74, 6) is 0.643. The highest BCUT2D eigenvalue weighted by atomic mass is 15.3. The molecule has 0 aromatic rings. The lowest BCUT2D eigenvalue weighted by atomic mass is 9.89. The molecule has 0 spiro atoms. The first-order chi connectivity index (χ1) is 6.68. The summed E-state index contributed by atoms with van der Waals surface area (Å²) in [6.07, 6.45) is 7.64. The molecule has 0 fully saturated rings. The third kappa shape index (κ3) is 1.57. The van der Waals surface area contributed by atoms with Crippen LogP contribution < -0.4 is 5.32 Å². The van der Waals surface area contributed by atoms with Crippen LogP contribution in [0.25, 0.3) is 0 Å². The van der Waals surface area contributed by atoms with Gasteiger partial charge in [-0.05, 0) is 25.8 Å². The summed E-state index contributed by atoms with van der Waals surface area (Å²) in [7, 11) is 0. The van der Waals surface area contributed by atoms with Crippen molar-refractivity contribution in [1.82, 2.24) is 10.2 Å². The van der Waals surface area contributed by atoms with E-state index in [1.54, 1.807) is 0 Å². The Hall–Kier alpha value is -1.18. The minimum atomic E-state index is 0.643. The maximum atomic E-state index is 3.21. The molecule has 2 rings (SSSR count). The Balaban J connectivity index is 2.30. The highest BCUT2D eigenvalue weighted by Crippen LogP contribution is 2.31. The topological polar surface area (TPSA) is 15.3 Å². The van der Waals surface area contributed by atoms with Crippen LogP contribution in [0.1, 0.15) is 27.2 Å². The van der Waals surface area contributed by atoms with Gasteiger partial charge in [-0.3, -0.25) is 0 Å². The number of nitrogens with one attached hydrogen (secondary N) is 1. The number of nitrogens with zero attached hydrogens (tertiary/aromatic N) is 1. The molecule has 0 bridgehead atoms. The molecular formula is C12H18N2. The molecule has 2 aliphatic rings. The second-order valence-electron chi connectivity index (χ2n) is 4.31. The average Bonchev–Trinajstić information content (AvgIpc) is 2.54. The van der Waals surface area contributed by atoms with E-state index >= 15 is 0 Å². The maximum Gasteiger partial charge on any atom is 0.0913 e. The van der Waals surface area contributed by atoms with Crippen LogP contribution in [0.4, 0.5) is 0 Å². The fourth-order valence-electron chi connectivity index (χ4n) is 2.49. The van der Waals surface area contributed by atoms with Gasteiger partial charge < -0.3 is 10.2 Å². The molecule has 0 saturated carbocycles. The Morgan fingerprint density at radius 1 is 1.43 bits per heavy atom. The van der Waals surface area contributed by atoms with Crippen molar-refractivity contribution in [2.45, 2.75) is 27.2 Å². The Morgan fingerprint density at radius 2 is 2.21 bits per heavy atom. The molecule has 1 aliphatic heterocycles. The molecule has 1 N–H and O–H groups in total. The summed E-state index contributed by atoms with van der Waals surface area (Å²) in [6, 6.07) is 0. The second kappa shape index (κ2) is 3.52. The zero-order chi connectivity index (χ0) is 10.1. The van der Waals surface area contributed by atoms with Gasteiger partial charge in [-0.15, -0.1) is 0 Å². The van der Waals surface area contributed by atoms with Crippen molar-refractivity contribution in [3.8, 4) is 0 Å². The van der Waals surface area contributed by atoms with Gasteiger partial charge in [0, 0.05) is 24.0 Å². The summed E-state index contributed by atoms with van der Waals surface area (Å²) < 4.78 is 0. The zero-order valence-corrected chi connectivity index (χ0v) is 9.17. The lowest BCUT2D eigenvalue weighted by molar-refractivity contribution is 0.404. The normalized spacial score (nSPS) is 26.6. The SMILES string of the molecule is CC1=CC(C)=C(N2C=CNC2)C(C)C1. The average molecular weight is 190 g/mol. The summed E-state index contributed by atoms with van der Waals surface area (Å²) >= 11 is 0. The van der Waals surface area contributed by atoms with Crippen molar-refractivity contribution < 1.29 is 0 Å². The lowest BCUT2D eigenvalue weighted by Gasteiger charge is -2.30. The molecule has 1 unspecified atom stereocenters. The van der Waals surface area contributed by atoms with Gasteiger partial charge in [-0.25, -0.2) is 0 Å². The Bertz CT molecular complexity index is 323. The van der Waals surface area contributed by atoms with E-state index in [9.17, 15) is 0 Å². The van der Waals surface area contributed by atoms with Crippen molar-refractivity contribution in [2.24, 2.45) is 5.92 Å². The van der Waals surface area contributed by atoms with Gasteiger partial charge in [-0.2, -0.15) is 0 Å². The highest BCUT2D eigenvalue weighted by molar-refractivity contribution is 5.33. The van der Waals surface area contributed by atoms with Crippen LogP contribution in [0.5, 0.6) is 0 Å². The quantitative estimate of drug-likeness (QED) is 0.683. The van der Waals surface area contributed by atoms with Gasteiger partial charge in [0.2, 0.25) is 0 Å². The van der Waals surface area contributed by atoms with Gasteiger partial charge in [0.15, 0.2) is 0 Å². The standard InChI is InChI=1S/C12H18N2/c1-9-6-10(2)12(11(3)7-9)14-5-4-13-8-14/h4-6,11,13H,7-8H2,1-3H3. The molecule has 0 amide bonds. The van der Waals surface area contributed by atoms with Gasteiger partial charge in [0.1, 0.15) is 0 Å². The van der Waals surface area contributed by atoms with E-state index in [0.29, 0.717) is 5.92 Å². The molecule has 1 atom stereocenters. The molecule has 0 aromatic carbocycles. The first kappa shape index (κ1) is 9.38. The molecule has 0 radical (unpaired) electrons. The van der Waals surface area contributed by atoms with Gasteiger partial charge in [0.05, 0.1) is 6.67 Å². The molecule has 2 heteroatoms. The molecule has 0 aromatic heterocycles. The van der Waals surface area contributed by atoms with Crippen LogP contribution in [-0.4, -0.2) is 11.6 Å². The molecule has 76 valence electrons. The van der Waals surface area contributed by atoms with E-state index in [4.69, 9.17) is 0 Å². The van der Waals surface area contributed by atoms with Crippen LogP contribution in [0.3, 0.4) is 0 Å². The van der Waals surface area contributed by atoms with Crippen molar-refractivity contribution in [1.29, 1.82) is 0 Å². The van der Waals surface area contributed by atoms with Crippen molar-refractivity contribution >= 4 is 0 Å². The van der Waals surface area contributed by atoms with Crippen molar-refractivity contribution in [2.75, 3.05) is 6.67 Å². The smallest absolute Gasteiger partial charge is 0.0913 e. The van der Waals surface area contributed by atoms with Crippen molar-refractivity contribution in [3.63, 3.8) is 0 Å². The molecular weight excluding hydrogens is 172 g/mol. The minimum absolute atomic E-state index is 0.643. The molecule has 2 nitrogen and oxygen atoms in total. The Kier molecular flexibility index (Phi) is 2.36. The van der Waals surface area contributed by atoms with E-state index in [-0.39, 0.29) is 0 Å². The number of rotatable bonds is 1. The Morgan fingerprint density at radius 3 is 2.79 bits per heavy atom. The summed E-state index contributed by atoms with van der Waals surface area (Å²) in [5.41, 5.74) is 4.38. The molecule has 1 aliphatic carbocycles. The molecule has 1 heterocycles. The van der Waals surface area contributed by atoms with Crippen molar-refractivity contribution in [3.05, 3.63) is 35.3 Å². The van der Waals surface area contributed by atoms with Gasteiger partial charge in [-0.1, -0.05) is 18.6 Å². The minimum Gasteiger partial charge on any atom is -0.372 e. The highest BCUT2D eigenvalue weighted by Gasteiger charge is 2.21. The summed E-state index contributed by atoms with van der Waals surface area (Å²) in [6.45, 7) is 7.65. The predicted molar refractivity (Wildman–Crippen MR) is 59.2 cm³/mol. The van der Waals surface area contributed by atoms with E-state index in [0.717, 1.165) is 6.67 Å². The van der Waals surface area contributed by atoms with Crippen LogP contribution in [0.15, 0.2) is 35.3 Å². The first-order valence-corrected chi connectivity index (χ1v) is 5.23. The lowest BCUT2D eigenvalue weighted by Crippen LogP contribution is -2.26. The number of allylic oxidation sites excluding steroid dienone is 4. The number of hydrogen-bond acceptors (Lipinski definition) is 2. The third-order valence-corrected chi connectivity index (χ3v) is 2.91. The summed E-state index contributed by atoms with van der Waals surface area (Å²) in [5, 5.41) is 3.21. The Labute approximate surface area is 86.0 Å². The summed E-state index contributed by atoms with van der Waals surface area (Å²) in [4.78, 5) is 2.31. The monoisotopic (exact) mass is 190 g/mol. The van der Waals surface area contributed by atoms with E-state index in [1.807, 2.05) is 6.20 Å². The van der Waals surface area contributed by atoms with E-state index in [1.165, 1.54) is 23.3 Å². The van der Waals surface area contributed by atoms with Crippen LogP contribution in [0, 0.1) is 5.92 Å². The molecule has 14 heavy (non-hydrogen) atoms. The fraction of sp³-hybridized carbons (Fsp3) is 0.500. The maximum absolute atomic E-state index is 3.21. The number of hydrogen-bond donors (Lipinski definition) is 1. The zero-order valence-electron chi connectivity index (χ0n) is 9.17. The third-order valence-electron chi connectivity index (χ3n) is 2.91. The largest absolute Gasteiger partial charge is 0.372 e.